The van der Waals surface area contributed by atoms with Crippen LogP contribution in [0.5, 0.6) is 0 Å². The van der Waals surface area contributed by atoms with E-state index in [-0.39, 0.29) is 29.3 Å². The van der Waals surface area contributed by atoms with Crippen LogP contribution in [-0.2, 0) is 0 Å². The molecule has 0 fully saturated rings. The van der Waals surface area contributed by atoms with Gasteiger partial charge in [0, 0.05) is 43.9 Å². The quantitative estimate of drug-likeness (QED) is 0.187. The van der Waals surface area contributed by atoms with Gasteiger partial charge in [-0.2, -0.15) is 0 Å². The molecule has 0 N–H and O–H groups in total. The molecule has 0 saturated carbocycles. The van der Waals surface area contributed by atoms with Crippen LogP contribution in [0, 0.1) is 0 Å². The Morgan fingerprint density at radius 3 is 1.98 bits per heavy atom. The molecule has 0 aliphatic carbocycles. The van der Waals surface area contributed by atoms with Crippen molar-refractivity contribution in [3.63, 3.8) is 0 Å². The van der Waals surface area contributed by atoms with Gasteiger partial charge in [0.05, 0.1) is 17.9 Å². The van der Waals surface area contributed by atoms with Crippen molar-refractivity contribution >= 4 is 43.7 Å². The van der Waals surface area contributed by atoms with Crippen LogP contribution in [0.1, 0.15) is 6.85 Å². The lowest BCUT2D eigenvalue weighted by molar-refractivity contribution is 0.669. The molecular weight excluding hydrogens is 613 g/mol. The summed E-state index contributed by atoms with van der Waals surface area (Å²) in [4.78, 5) is 14.4. The molecular formula is C45H28N4O. The van der Waals surface area contributed by atoms with Gasteiger partial charge in [-0.3, -0.25) is 0 Å². The van der Waals surface area contributed by atoms with Gasteiger partial charge in [-0.25, -0.2) is 15.0 Å². The molecule has 10 rings (SSSR count). The highest BCUT2D eigenvalue weighted by molar-refractivity contribution is 6.14. The van der Waals surface area contributed by atoms with E-state index in [2.05, 4.69) is 76.3 Å². The first-order valence-corrected chi connectivity index (χ1v) is 16.3. The van der Waals surface area contributed by atoms with E-state index in [0.29, 0.717) is 28.1 Å². The van der Waals surface area contributed by atoms with Crippen molar-refractivity contribution in [2.24, 2.45) is 0 Å². The normalized spacial score (nSPS) is 13.0. The highest BCUT2D eigenvalue weighted by Crippen LogP contribution is 2.40. The Labute approximate surface area is 294 Å². The van der Waals surface area contributed by atoms with Gasteiger partial charge < -0.3 is 8.98 Å². The molecule has 0 spiro atoms. The maximum atomic E-state index is 8.72. The van der Waals surface area contributed by atoms with E-state index in [1.54, 1.807) is 0 Å². The van der Waals surface area contributed by atoms with Crippen LogP contribution in [0.15, 0.2) is 174 Å². The fourth-order valence-corrected chi connectivity index (χ4v) is 6.89. The predicted molar refractivity (Wildman–Crippen MR) is 203 cm³/mol. The standard InChI is InChI=1S/C45H28N4O/c1-4-13-29(14-5-1)32-23-25-35-34-19-10-11-21-38(34)49(39(35)27-32)33-24-26-40-37(28-33)42-36(20-12-22-41(42)50-40)45-47-43(30-15-6-2-7-16-30)46-44(48-45)31-17-8-3-9-18-31/h1-28H/i2D,6D,7D,15D,16D. The van der Waals surface area contributed by atoms with Crippen LogP contribution in [0.3, 0.4) is 0 Å². The van der Waals surface area contributed by atoms with Gasteiger partial charge >= 0.3 is 0 Å². The number of benzene rings is 7. The number of nitrogens with zero attached hydrogens (tertiary/aromatic N) is 4. The van der Waals surface area contributed by atoms with Crippen LogP contribution >= 0.6 is 0 Å². The molecule has 7 aromatic carbocycles. The third-order valence-electron chi connectivity index (χ3n) is 9.15. The molecule has 3 heterocycles. The summed E-state index contributed by atoms with van der Waals surface area (Å²) in [5.74, 6) is 0.557. The van der Waals surface area contributed by atoms with Gasteiger partial charge in [0.15, 0.2) is 17.5 Å². The number of furan rings is 1. The predicted octanol–water partition coefficient (Wildman–Crippen LogP) is 11.5. The molecule has 5 heteroatoms. The first-order valence-electron chi connectivity index (χ1n) is 18.8. The van der Waals surface area contributed by atoms with Crippen molar-refractivity contribution in [1.29, 1.82) is 0 Å². The minimum absolute atomic E-state index is 0.0224. The second kappa shape index (κ2) is 11.4. The topological polar surface area (TPSA) is 56.7 Å². The summed E-state index contributed by atoms with van der Waals surface area (Å²) < 4.78 is 51.0. The lowest BCUT2D eigenvalue weighted by atomic mass is 10.0. The van der Waals surface area contributed by atoms with E-state index in [9.17, 15) is 0 Å². The summed E-state index contributed by atoms with van der Waals surface area (Å²) in [6.07, 6.45) is 0. The van der Waals surface area contributed by atoms with E-state index >= 15 is 0 Å². The minimum Gasteiger partial charge on any atom is -0.456 e. The number of aromatic nitrogens is 4. The van der Waals surface area contributed by atoms with Crippen LogP contribution in [0.25, 0.3) is 94.7 Å². The maximum absolute atomic E-state index is 8.72. The Morgan fingerprint density at radius 2 is 1.16 bits per heavy atom. The fourth-order valence-electron chi connectivity index (χ4n) is 6.89. The molecule has 10 aromatic rings. The summed E-state index contributed by atoms with van der Waals surface area (Å²) in [5, 5.41) is 3.92. The molecule has 0 bridgehead atoms. The molecule has 0 radical (unpaired) electrons. The highest BCUT2D eigenvalue weighted by Gasteiger charge is 2.20. The van der Waals surface area contributed by atoms with Gasteiger partial charge in [-0.1, -0.05) is 133 Å². The van der Waals surface area contributed by atoms with Crippen molar-refractivity contribution in [2.75, 3.05) is 0 Å². The first kappa shape index (κ1) is 23.5. The van der Waals surface area contributed by atoms with Crippen molar-refractivity contribution in [3.8, 4) is 51.0 Å². The molecule has 3 aromatic heterocycles. The monoisotopic (exact) mass is 645 g/mol. The zero-order valence-corrected chi connectivity index (χ0v) is 26.5. The molecule has 0 saturated heterocycles. The minimum atomic E-state index is -0.485. The summed E-state index contributed by atoms with van der Waals surface area (Å²) in [6.45, 7) is 0. The molecule has 0 amide bonds. The Kier molecular flexibility index (Phi) is 5.35. The highest BCUT2D eigenvalue weighted by atomic mass is 16.3. The number of rotatable bonds is 5. The van der Waals surface area contributed by atoms with E-state index in [4.69, 9.17) is 21.2 Å². The average molecular weight is 646 g/mol. The Morgan fingerprint density at radius 1 is 0.460 bits per heavy atom. The van der Waals surface area contributed by atoms with Gasteiger partial charge in [-0.05, 0) is 47.5 Å². The Hall–Kier alpha value is -6.85. The van der Waals surface area contributed by atoms with Crippen LogP contribution in [0.2, 0.25) is 0 Å². The third-order valence-corrected chi connectivity index (χ3v) is 9.15. The second-order valence-corrected chi connectivity index (χ2v) is 12.1. The summed E-state index contributed by atoms with van der Waals surface area (Å²) in [6, 6.07) is 44.4. The summed E-state index contributed by atoms with van der Waals surface area (Å²) in [7, 11) is 0. The lowest BCUT2D eigenvalue weighted by Crippen LogP contribution is -2.00. The van der Waals surface area contributed by atoms with Crippen molar-refractivity contribution in [3.05, 3.63) is 170 Å². The summed E-state index contributed by atoms with van der Waals surface area (Å²) in [5.41, 5.74) is 7.89. The second-order valence-electron chi connectivity index (χ2n) is 12.1. The molecule has 0 atom stereocenters. The number of fused-ring (bicyclic) bond motifs is 6. The Balaban J connectivity index is 1.23. The molecule has 5 nitrogen and oxygen atoms in total. The van der Waals surface area contributed by atoms with Crippen LogP contribution in [-0.4, -0.2) is 19.5 Å². The van der Waals surface area contributed by atoms with Crippen molar-refractivity contribution < 1.29 is 11.3 Å². The molecule has 50 heavy (non-hydrogen) atoms. The van der Waals surface area contributed by atoms with Crippen molar-refractivity contribution in [1.82, 2.24) is 19.5 Å². The van der Waals surface area contributed by atoms with E-state index < -0.39 is 18.1 Å². The smallest absolute Gasteiger partial charge is 0.164 e. The van der Waals surface area contributed by atoms with Crippen LogP contribution < -0.4 is 0 Å². The Bertz CT molecular complexity index is 3130. The van der Waals surface area contributed by atoms with Crippen molar-refractivity contribution in [2.45, 2.75) is 0 Å². The zero-order valence-electron chi connectivity index (χ0n) is 31.5. The van der Waals surface area contributed by atoms with E-state index in [1.165, 1.54) is 0 Å². The zero-order chi connectivity index (χ0) is 37.4. The van der Waals surface area contributed by atoms with Gasteiger partial charge in [-0.15, -0.1) is 0 Å². The molecule has 234 valence electrons. The third kappa shape index (κ3) is 4.60. The van der Waals surface area contributed by atoms with Gasteiger partial charge in [0.25, 0.3) is 0 Å². The number of hydrogen-bond donors (Lipinski definition) is 0. The largest absolute Gasteiger partial charge is 0.456 e. The molecule has 0 aliphatic heterocycles. The fraction of sp³-hybridized carbons (Fsp3) is 0. The molecule has 0 unspecified atom stereocenters. The van der Waals surface area contributed by atoms with Crippen LogP contribution in [0.4, 0.5) is 0 Å². The molecule has 0 aliphatic rings. The van der Waals surface area contributed by atoms with E-state index in [0.717, 1.165) is 49.4 Å². The number of para-hydroxylation sites is 1. The van der Waals surface area contributed by atoms with E-state index in [1.807, 2.05) is 72.8 Å². The summed E-state index contributed by atoms with van der Waals surface area (Å²) >= 11 is 0. The SMILES string of the molecule is [2H]c1c([2H])c([2H])c(-c2nc(-c3ccccc3)nc(-c3cccc4oc5ccc(-n6c7ccccc7c7ccc(-c8ccccc8)cc76)cc5c34)n2)c([2H])c1[2H]. The lowest BCUT2D eigenvalue weighted by Gasteiger charge is -2.10. The van der Waals surface area contributed by atoms with Gasteiger partial charge in [0.1, 0.15) is 11.2 Å². The maximum Gasteiger partial charge on any atom is 0.164 e. The average Bonchev–Trinajstić information content (AvgIpc) is 3.78. The number of hydrogen-bond acceptors (Lipinski definition) is 4. The van der Waals surface area contributed by atoms with Gasteiger partial charge in [0.2, 0.25) is 0 Å². The first-order chi connectivity index (χ1) is 26.9.